The number of hydrogen-bond donors (Lipinski definition) is 2. The summed E-state index contributed by atoms with van der Waals surface area (Å²) in [5.74, 6) is -0.568. The number of halogens is 2. The lowest BCUT2D eigenvalue weighted by atomic mass is 9.84. The highest BCUT2D eigenvalue weighted by atomic mass is 79.9. The number of carbonyl (C=O) groups is 1. The SMILES string of the molecule is Cc1cc(F)c(Br)cc1NC(=O)C1(C)COCC1N. The van der Waals surface area contributed by atoms with Crippen LogP contribution in [0.5, 0.6) is 0 Å². The van der Waals surface area contributed by atoms with Gasteiger partial charge in [0.25, 0.3) is 0 Å². The Kier molecular flexibility index (Phi) is 3.94. The fourth-order valence-corrected chi connectivity index (χ4v) is 2.31. The first kappa shape index (κ1) is 14.4. The van der Waals surface area contributed by atoms with Gasteiger partial charge in [0, 0.05) is 11.7 Å². The maximum absolute atomic E-state index is 13.3. The molecule has 1 saturated heterocycles. The van der Waals surface area contributed by atoms with Crippen molar-refractivity contribution in [2.45, 2.75) is 19.9 Å². The summed E-state index contributed by atoms with van der Waals surface area (Å²) in [5.41, 5.74) is 6.37. The van der Waals surface area contributed by atoms with Crippen molar-refractivity contribution in [1.29, 1.82) is 0 Å². The van der Waals surface area contributed by atoms with Gasteiger partial charge in [-0.1, -0.05) is 0 Å². The second kappa shape index (κ2) is 5.19. The highest BCUT2D eigenvalue weighted by molar-refractivity contribution is 9.10. The molecule has 2 rings (SSSR count). The number of aryl methyl sites for hydroxylation is 1. The standard InChI is InChI=1S/C13H16BrFN2O2/c1-7-3-9(15)8(14)4-10(7)17-12(18)13(2)6-19-5-11(13)16/h3-4,11H,5-6,16H2,1-2H3,(H,17,18). The van der Waals surface area contributed by atoms with Crippen LogP contribution < -0.4 is 11.1 Å². The molecule has 2 atom stereocenters. The van der Waals surface area contributed by atoms with Crippen LogP contribution in [-0.4, -0.2) is 25.2 Å². The summed E-state index contributed by atoms with van der Waals surface area (Å²) < 4.78 is 18.9. The van der Waals surface area contributed by atoms with Crippen molar-refractivity contribution in [3.63, 3.8) is 0 Å². The molecule has 0 bridgehead atoms. The van der Waals surface area contributed by atoms with Crippen LogP contribution in [0.2, 0.25) is 0 Å². The van der Waals surface area contributed by atoms with Crippen LogP contribution in [0.25, 0.3) is 0 Å². The van der Waals surface area contributed by atoms with Gasteiger partial charge in [-0.05, 0) is 47.5 Å². The van der Waals surface area contributed by atoms with Crippen molar-refractivity contribution >= 4 is 27.5 Å². The van der Waals surface area contributed by atoms with Crippen molar-refractivity contribution in [2.24, 2.45) is 11.1 Å². The van der Waals surface area contributed by atoms with E-state index in [0.29, 0.717) is 28.9 Å². The van der Waals surface area contributed by atoms with Gasteiger partial charge in [0.15, 0.2) is 0 Å². The van der Waals surface area contributed by atoms with Gasteiger partial charge in [-0.3, -0.25) is 4.79 Å². The highest BCUT2D eigenvalue weighted by Gasteiger charge is 2.44. The third-order valence-corrected chi connectivity index (χ3v) is 4.16. The Hall–Kier alpha value is -0.980. The van der Waals surface area contributed by atoms with Gasteiger partial charge in [-0.25, -0.2) is 4.39 Å². The predicted octanol–water partition coefficient (Wildman–Crippen LogP) is 2.20. The molecule has 1 fully saturated rings. The van der Waals surface area contributed by atoms with Gasteiger partial charge in [0.2, 0.25) is 5.91 Å². The number of nitrogens with two attached hydrogens (primary N) is 1. The molecule has 2 unspecified atom stereocenters. The second-order valence-corrected chi connectivity index (χ2v) is 5.93. The molecule has 0 aliphatic carbocycles. The number of carbonyl (C=O) groups excluding carboxylic acids is 1. The minimum atomic E-state index is -0.757. The van der Waals surface area contributed by atoms with Crippen molar-refractivity contribution in [2.75, 3.05) is 18.5 Å². The molecule has 1 aliphatic rings. The fourth-order valence-electron chi connectivity index (χ4n) is 1.97. The maximum atomic E-state index is 13.3. The zero-order valence-electron chi connectivity index (χ0n) is 10.8. The Balaban J connectivity index is 2.22. The zero-order valence-corrected chi connectivity index (χ0v) is 12.4. The number of hydrogen-bond acceptors (Lipinski definition) is 3. The Bertz CT molecular complexity index is 524. The molecule has 1 amide bonds. The summed E-state index contributed by atoms with van der Waals surface area (Å²) in [6, 6.07) is 2.58. The van der Waals surface area contributed by atoms with Gasteiger partial charge in [-0.15, -0.1) is 0 Å². The fraction of sp³-hybridized carbons (Fsp3) is 0.462. The first-order chi connectivity index (χ1) is 8.84. The Labute approximate surface area is 119 Å². The summed E-state index contributed by atoms with van der Waals surface area (Å²) >= 11 is 3.10. The molecule has 4 nitrogen and oxygen atoms in total. The second-order valence-electron chi connectivity index (χ2n) is 5.07. The van der Waals surface area contributed by atoms with E-state index in [0.717, 1.165) is 0 Å². The summed E-state index contributed by atoms with van der Waals surface area (Å²) in [4.78, 5) is 12.3. The summed E-state index contributed by atoms with van der Waals surface area (Å²) in [7, 11) is 0. The van der Waals surface area contributed by atoms with Crippen molar-refractivity contribution < 1.29 is 13.9 Å². The lowest BCUT2D eigenvalue weighted by molar-refractivity contribution is -0.125. The van der Waals surface area contributed by atoms with Crippen LogP contribution in [0.3, 0.4) is 0 Å². The van der Waals surface area contributed by atoms with E-state index >= 15 is 0 Å². The van der Waals surface area contributed by atoms with Crippen LogP contribution in [-0.2, 0) is 9.53 Å². The van der Waals surface area contributed by atoms with Crippen molar-refractivity contribution in [3.05, 3.63) is 28.0 Å². The van der Waals surface area contributed by atoms with Gasteiger partial charge >= 0.3 is 0 Å². The third kappa shape index (κ3) is 2.66. The molecular weight excluding hydrogens is 315 g/mol. The smallest absolute Gasteiger partial charge is 0.234 e. The average Bonchev–Trinajstić information content (AvgIpc) is 2.68. The molecule has 1 aromatic carbocycles. The summed E-state index contributed by atoms with van der Waals surface area (Å²) in [5, 5.41) is 2.80. The first-order valence-corrected chi connectivity index (χ1v) is 6.74. The Morgan fingerprint density at radius 1 is 1.63 bits per heavy atom. The van der Waals surface area contributed by atoms with E-state index < -0.39 is 5.41 Å². The van der Waals surface area contributed by atoms with E-state index in [1.807, 2.05) is 0 Å². The van der Waals surface area contributed by atoms with Crippen LogP contribution >= 0.6 is 15.9 Å². The summed E-state index contributed by atoms with van der Waals surface area (Å²) in [6.45, 7) is 4.17. The lowest BCUT2D eigenvalue weighted by Crippen LogP contribution is -2.47. The van der Waals surface area contributed by atoms with Crippen LogP contribution in [0.15, 0.2) is 16.6 Å². The molecule has 0 saturated carbocycles. The van der Waals surface area contributed by atoms with Crippen LogP contribution in [0.1, 0.15) is 12.5 Å². The third-order valence-electron chi connectivity index (χ3n) is 3.55. The Morgan fingerprint density at radius 3 is 2.89 bits per heavy atom. The number of nitrogens with one attached hydrogen (secondary N) is 1. The van der Waals surface area contributed by atoms with E-state index in [2.05, 4.69) is 21.2 Å². The number of rotatable bonds is 2. The van der Waals surface area contributed by atoms with Gasteiger partial charge in [0.05, 0.1) is 23.1 Å². The van der Waals surface area contributed by atoms with Crippen LogP contribution in [0.4, 0.5) is 10.1 Å². The van der Waals surface area contributed by atoms with Gasteiger partial charge < -0.3 is 15.8 Å². The van der Waals surface area contributed by atoms with E-state index in [1.54, 1.807) is 19.9 Å². The molecule has 0 radical (unpaired) electrons. The molecule has 6 heteroatoms. The van der Waals surface area contributed by atoms with E-state index in [-0.39, 0.29) is 17.8 Å². The number of anilines is 1. The number of amides is 1. The number of benzene rings is 1. The monoisotopic (exact) mass is 330 g/mol. The minimum Gasteiger partial charge on any atom is -0.379 e. The molecule has 104 valence electrons. The van der Waals surface area contributed by atoms with E-state index in [4.69, 9.17) is 10.5 Å². The molecule has 1 aromatic rings. The molecule has 0 spiro atoms. The zero-order chi connectivity index (χ0) is 14.2. The topological polar surface area (TPSA) is 64.3 Å². The largest absolute Gasteiger partial charge is 0.379 e. The molecule has 1 aliphatic heterocycles. The normalized spacial score (nSPS) is 26.5. The average molecular weight is 331 g/mol. The quantitative estimate of drug-likeness (QED) is 0.873. The molecule has 1 heterocycles. The highest BCUT2D eigenvalue weighted by Crippen LogP contribution is 2.30. The van der Waals surface area contributed by atoms with E-state index in [9.17, 15) is 9.18 Å². The predicted molar refractivity (Wildman–Crippen MR) is 74.4 cm³/mol. The summed E-state index contributed by atoms with van der Waals surface area (Å²) in [6.07, 6.45) is 0. The molecule has 0 aromatic heterocycles. The maximum Gasteiger partial charge on any atom is 0.234 e. The Morgan fingerprint density at radius 2 is 2.32 bits per heavy atom. The van der Waals surface area contributed by atoms with Gasteiger partial charge in [-0.2, -0.15) is 0 Å². The van der Waals surface area contributed by atoms with Gasteiger partial charge in [0.1, 0.15) is 5.82 Å². The van der Waals surface area contributed by atoms with E-state index in [1.165, 1.54) is 6.07 Å². The first-order valence-electron chi connectivity index (χ1n) is 5.95. The van der Waals surface area contributed by atoms with Crippen molar-refractivity contribution in [3.8, 4) is 0 Å². The molecular formula is C13H16BrFN2O2. The molecule has 3 N–H and O–H groups in total. The lowest BCUT2D eigenvalue weighted by Gasteiger charge is -2.25. The van der Waals surface area contributed by atoms with Crippen LogP contribution in [0, 0.1) is 18.2 Å². The molecule has 19 heavy (non-hydrogen) atoms. The number of ether oxygens (including phenoxy) is 1. The van der Waals surface area contributed by atoms with Crippen molar-refractivity contribution in [1.82, 2.24) is 0 Å². The minimum absolute atomic E-state index is 0.209.